The van der Waals surface area contributed by atoms with E-state index in [2.05, 4.69) is 31.0 Å². The molecule has 0 aromatic heterocycles. The summed E-state index contributed by atoms with van der Waals surface area (Å²) >= 11 is 0. The lowest BCUT2D eigenvalue weighted by atomic mass is 9.80. The smallest absolute Gasteiger partial charge is 0.0304 e. The molecule has 2 heteroatoms. The summed E-state index contributed by atoms with van der Waals surface area (Å²) in [4.78, 5) is 2.72. The van der Waals surface area contributed by atoms with E-state index in [9.17, 15) is 0 Å². The van der Waals surface area contributed by atoms with E-state index in [0.29, 0.717) is 5.54 Å². The molecular formula is C17H34N2. The van der Waals surface area contributed by atoms with Crippen LogP contribution in [0.4, 0.5) is 0 Å². The second kappa shape index (κ2) is 7.08. The fourth-order valence-corrected chi connectivity index (χ4v) is 4.14. The maximum Gasteiger partial charge on any atom is 0.0304 e. The van der Waals surface area contributed by atoms with Gasteiger partial charge >= 0.3 is 0 Å². The van der Waals surface area contributed by atoms with Crippen LogP contribution in [-0.2, 0) is 0 Å². The van der Waals surface area contributed by atoms with E-state index >= 15 is 0 Å². The summed E-state index contributed by atoms with van der Waals surface area (Å²) in [6, 6.07) is 0. The van der Waals surface area contributed by atoms with Crippen LogP contribution in [0.3, 0.4) is 0 Å². The van der Waals surface area contributed by atoms with Crippen LogP contribution < -0.4 is 5.32 Å². The molecule has 2 unspecified atom stereocenters. The summed E-state index contributed by atoms with van der Waals surface area (Å²) < 4.78 is 0. The Bertz CT molecular complexity index is 260. The number of hydrogen-bond donors (Lipinski definition) is 1. The van der Waals surface area contributed by atoms with Crippen molar-refractivity contribution < 1.29 is 0 Å². The fourth-order valence-electron chi connectivity index (χ4n) is 4.14. The van der Waals surface area contributed by atoms with Crippen LogP contribution in [0, 0.1) is 11.8 Å². The lowest BCUT2D eigenvalue weighted by Gasteiger charge is -2.43. The van der Waals surface area contributed by atoms with Gasteiger partial charge < -0.3 is 10.2 Å². The zero-order valence-electron chi connectivity index (χ0n) is 13.4. The maximum atomic E-state index is 3.77. The number of rotatable bonds is 5. The Hall–Kier alpha value is -0.0800. The number of nitrogens with zero attached hydrogens (tertiary/aromatic N) is 1. The van der Waals surface area contributed by atoms with Crippen molar-refractivity contribution in [2.75, 3.05) is 26.2 Å². The summed E-state index contributed by atoms with van der Waals surface area (Å²) in [5.74, 6) is 1.99. The first-order valence-electron chi connectivity index (χ1n) is 8.65. The van der Waals surface area contributed by atoms with Crippen molar-refractivity contribution in [2.45, 2.75) is 71.3 Å². The van der Waals surface area contributed by atoms with Gasteiger partial charge in [-0.1, -0.05) is 40.0 Å². The molecule has 1 N–H and O–H groups in total. The zero-order valence-corrected chi connectivity index (χ0v) is 13.4. The molecule has 2 fully saturated rings. The predicted molar refractivity (Wildman–Crippen MR) is 83.5 cm³/mol. The van der Waals surface area contributed by atoms with Gasteiger partial charge in [0.25, 0.3) is 0 Å². The van der Waals surface area contributed by atoms with Gasteiger partial charge in [-0.25, -0.2) is 0 Å². The minimum Gasteiger partial charge on any atom is -0.309 e. The number of hydrogen-bond acceptors (Lipinski definition) is 2. The van der Waals surface area contributed by atoms with E-state index < -0.39 is 0 Å². The standard InChI is InChI=1S/C17H34N2/c1-4-17(5-2)14-19(12-10-18-17)11-9-16-8-6-7-15(3)13-16/h15-16,18H,4-14H2,1-3H3. The Kier molecular flexibility index (Phi) is 5.70. The van der Waals surface area contributed by atoms with Crippen molar-refractivity contribution in [1.82, 2.24) is 10.2 Å². The normalized spacial score (nSPS) is 32.4. The Morgan fingerprint density at radius 3 is 2.68 bits per heavy atom. The summed E-state index contributed by atoms with van der Waals surface area (Å²) in [5, 5.41) is 3.77. The summed E-state index contributed by atoms with van der Waals surface area (Å²) in [7, 11) is 0. The summed E-state index contributed by atoms with van der Waals surface area (Å²) in [6.45, 7) is 12.2. The van der Waals surface area contributed by atoms with Crippen LogP contribution in [0.25, 0.3) is 0 Å². The molecule has 1 aliphatic carbocycles. The van der Waals surface area contributed by atoms with E-state index in [1.165, 1.54) is 71.1 Å². The molecule has 1 saturated carbocycles. The van der Waals surface area contributed by atoms with Crippen LogP contribution in [0.15, 0.2) is 0 Å². The second-order valence-corrected chi connectivity index (χ2v) is 7.12. The van der Waals surface area contributed by atoms with Gasteiger partial charge in [0.15, 0.2) is 0 Å². The van der Waals surface area contributed by atoms with Gasteiger partial charge in [-0.2, -0.15) is 0 Å². The van der Waals surface area contributed by atoms with Crippen molar-refractivity contribution in [3.8, 4) is 0 Å². The monoisotopic (exact) mass is 266 g/mol. The SMILES string of the molecule is CCC1(CC)CN(CCC2CCCC(C)C2)CCN1. The summed E-state index contributed by atoms with van der Waals surface area (Å²) in [5.41, 5.74) is 0.401. The molecule has 0 radical (unpaired) electrons. The van der Waals surface area contributed by atoms with E-state index in [-0.39, 0.29) is 0 Å². The Balaban J connectivity index is 1.76. The van der Waals surface area contributed by atoms with E-state index in [1.807, 2.05) is 0 Å². The molecule has 2 rings (SSSR count). The molecule has 19 heavy (non-hydrogen) atoms. The van der Waals surface area contributed by atoms with Crippen LogP contribution in [-0.4, -0.2) is 36.6 Å². The molecule has 2 nitrogen and oxygen atoms in total. The molecule has 2 atom stereocenters. The van der Waals surface area contributed by atoms with Gasteiger partial charge in [-0.3, -0.25) is 0 Å². The van der Waals surface area contributed by atoms with E-state index in [0.717, 1.165) is 11.8 Å². The molecule has 0 aromatic carbocycles. The third-order valence-electron chi connectivity index (χ3n) is 5.71. The van der Waals surface area contributed by atoms with Crippen LogP contribution in [0.1, 0.15) is 65.7 Å². The van der Waals surface area contributed by atoms with Crippen molar-refractivity contribution in [3.63, 3.8) is 0 Å². The first-order valence-corrected chi connectivity index (χ1v) is 8.65. The van der Waals surface area contributed by atoms with Crippen LogP contribution in [0.5, 0.6) is 0 Å². The van der Waals surface area contributed by atoms with Crippen molar-refractivity contribution in [3.05, 3.63) is 0 Å². The molecule has 2 aliphatic rings. The topological polar surface area (TPSA) is 15.3 Å². The van der Waals surface area contributed by atoms with Crippen LogP contribution >= 0.6 is 0 Å². The molecule has 1 aliphatic heterocycles. The molecular weight excluding hydrogens is 232 g/mol. The van der Waals surface area contributed by atoms with Gasteiger partial charge in [0.05, 0.1) is 0 Å². The van der Waals surface area contributed by atoms with Crippen molar-refractivity contribution >= 4 is 0 Å². The maximum absolute atomic E-state index is 3.77. The highest BCUT2D eigenvalue weighted by Crippen LogP contribution is 2.31. The fraction of sp³-hybridized carbons (Fsp3) is 1.00. The molecule has 0 bridgehead atoms. The predicted octanol–water partition coefficient (Wildman–Crippen LogP) is 3.67. The highest BCUT2D eigenvalue weighted by atomic mass is 15.2. The van der Waals surface area contributed by atoms with Gasteiger partial charge in [0.1, 0.15) is 0 Å². The third kappa shape index (κ3) is 4.19. The Morgan fingerprint density at radius 2 is 2.00 bits per heavy atom. The average molecular weight is 266 g/mol. The molecule has 1 heterocycles. The van der Waals surface area contributed by atoms with Gasteiger partial charge in [-0.15, -0.1) is 0 Å². The van der Waals surface area contributed by atoms with E-state index in [4.69, 9.17) is 0 Å². The average Bonchev–Trinajstić information content (AvgIpc) is 2.45. The minimum absolute atomic E-state index is 0.401. The van der Waals surface area contributed by atoms with Gasteiger partial charge in [0.2, 0.25) is 0 Å². The molecule has 0 amide bonds. The van der Waals surface area contributed by atoms with Crippen molar-refractivity contribution in [2.24, 2.45) is 11.8 Å². The molecule has 0 aromatic rings. The number of piperazine rings is 1. The highest BCUT2D eigenvalue weighted by molar-refractivity contribution is 4.92. The Labute approximate surface area is 120 Å². The first kappa shape index (κ1) is 15.3. The second-order valence-electron chi connectivity index (χ2n) is 7.12. The first-order chi connectivity index (χ1) is 9.17. The van der Waals surface area contributed by atoms with E-state index in [1.54, 1.807) is 0 Å². The van der Waals surface area contributed by atoms with Crippen LogP contribution in [0.2, 0.25) is 0 Å². The number of nitrogens with one attached hydrogen (secondary N) is 1. The lowest BCUT2D eigenvalue weighted by molar-refractivity contribution is 0.112. The molecule has 112 valence electrons. The quantitative estimate of drug-likeness (QED) is 0.817. The summed E-state index contributed by atoms with van der Waals surface area (Å²) in [6.07, 6.45) is 9.89. The largest absolute Gasteiger partial charge is 0.309 e. The zero-order chi connectivity index (χ0) is 13.7. The minimum atomic E-state index is 0.401. The Morgan fingerprint density at radius 1 is 1.21 bits per heavy atom. The highest BCUT2D eigenvalue weighted by Gasteiger charge is 2.31. The van der Waals surface area contributed by atoms with Crippen molar-refractivity contribution in [1.29, 1.82) is 0 Å². The third-order valence-corrected chi connectivity index (χ3v) is 5.71. The van der Waals surface area contributed by atoms with Gasteiger partial charge in [-0.05, 0) is 44.1 Å². The molecule has 1 saturated heterocycles. The lowest BCUT2D eigenvalue weighted by Crippen LogP contribution is -2.59. The molecule has 0 spiro atoms. The van der Waals surface area contributed by atoms with Gasteiger partial charge in [0, 0.05) is 25.2 Å².